The van der Waals surface area contributed by atoms with Gasteiger partial charge in [0.15, 0.2) is 0 Å². The molecule has 5 nitrogen and oxygen atoms in total. The van der Waals surface area contributed by atoms with Crippen LogP contribution in [0.25, 0.3) is 6.08 Å². The number of esters is 2. The van der Waals surface area contributed by atoms with E-state index in [1.807, 2.05) is 30.3 Å². The van der Waals surface area contributed by atoms with E-state index in [1.165, 1.54) is 19.3 Å². The number of carbonyl (C=O) groups is 2. The van der Waals surface area contributed by atoms with Gasteiger partial charge in [-0.1, -0.05) is 30.3 Å². The summed E-state index contributed by atoms with van der Waals surface area (Å²) in [6.45, 7) is -0.0467. The van der Waals surface area contributed by atoms with Crippen molar-refractivity contribution in [2.75, 3.05) is 7.11 Å². The Bertz CT molecular complexity index is 640. The predicted octanol–water partition coefficient (Wildman–Crippen LogP) is 2.82. The average Bonchev–Trinajstić information content (AvgIpc) is 3.00. The summed E-state index contributed by atoms with van der Waals surface area (Å²) in [4.78, 5) is 22.7. The lowest BCUT2D eigenvalue weighted by Gasteiger charge is -1.99. The van der Waals surface area contributed by atoms with E-state index in [2.05, 4.69) is 4.74 Å². The molecule has 0 saturated heterocycles. The Labute approximate surface area is 121 Å². The molecule has 108 valence electrons. The molecule has 21 heavy (non-hydrogen) atoms. The lowest BCUT2D eigenvalue weighted by Crippen LogP contribution is -2.00. The van der Waals surface area contributed by atoms with Crippen molar-refractivity contribution in [2.24, 2.45) is 0 Å². The van der Waals surface area contributed by atoms with E-state index in [-0.39, 0.29) is 12.4 Å². The van der Waals surface area contributed by atoms with Crippen molar-refractivity contribution in [2.45, 2.75) is 6.61 Å². The van der Waals surface area contributed by atoms with E-state index in [1.54, 1.807) is 12.1 Å². The van der Waals surface area contributed by atoms with Crippen LogP contribution in [0.2, 0.25) is 0 Å². The standard InChI is InChI=1S/C16H14O5/c1-19-16(18)14-9-8-13(21-14)11-20-15(17)10-7-12-5-3-2-4-6-12/h2-10H,11H2,1H3/b10-7+. The molecule has 0 N–H and O–H groups in total. The molecule has 0 spiro atoms. The predicted molar refractivity (Wildman–Crippen MR) is 75.3 cm³/mol. The molecule has 0 radical (unpaired) electrons. The third-order valence-electron chi connectivity index (χ3n) is 2.62. The first kappa shape index (κ1) is 14.6. The Morgan fingerprint density at radius 2 is 1.90 bits per heavy atom. The zero-order valence-electron chi connectivity index (χ0n) is 11.4. The van der Waals surface area contributed by atoms with Gasteiger partial charge in [-0.2, -0.15) is 0 Å². The molecule has 1 aromatic heterocycles. The molecule has 0 atom stereocenters. The van der Waals surface area contributed by atoms with Crippen molar-refractivity contribution in [3.05, 3.63) is 65.6 Å². The van der Waals surface area contributed by atoms with Crippen LogP contribution in [-0.4, -0.2) is 19.0 Å². The highest BCUT2D eigenvalue weighted by Gasteiger charge is 2.11. The molecule has 5 heteroatoms. The summed E-state index contributed by atoms with van der Waals surface area (Å²) >= 11 is 0. The fraction of sp³-hybridized carbons (Fsp3) is 0.125. The van der Waals surface area contributed by atoms with Crippen LogP contribution in [0.5, 0.6) is 0 Å². The van der Waals surface area contributed by atoms with Crippen molar-refractivity contribution in [3.63, 3.8) is 0 Å². The molecule has 0 aliphatic carbocycles. The lowest BCUT2D eigenvalue weighted by molar-refractivity contribution is -0.139. The lowest BCUT2D eigenvalue weighted by atomic mass is 10.2. The van der Waals surface area contributed by atoms with Crippen LogP contribution < -0.4 is 0 Å². The van der Waals surface area contributed by atoms with Crippen LogP contribution >= 0.6 is 0 Å². The van der Waals surface area contributed by atoms with Crippen molar-refractivity contribution in [1.29, 1.82) is 0 Å². The highest BCUT2D eigenvalue weighted by atomic mass is 16.5. The Balaban J connectivity index is 1.85. The minimum Gasteiger partial charge on any atom is -0.463 e. The van der Waals surface area contributed by atoms with E-state index in [0.717, 1.165) is 5.56 Å². The monoisotopic (exact) mass is 286 g/mol. The van der Waals surface area contributed by atoms with E-state index in [9.17, 15) is 9.59 Å². The summed E-state index contributed by atoms with van der Waals surface area (Å²) in [5.41, 5.74) is 0.903. The zero-order valence-corrected chi connectivity index (χ0v) is 11.4. The average molecular weight is 286 g/mol. The molecule has 1 aromatic carbocycles. The Morgan fingerprint density at radius 1 is 1.14 bits per heavy atom. The second-order valence-corrected chi connectivity index (χ2v) is 4.11. The van der Waals surface area contributed by atoms with Gasteiger partial charge in [0, 0.05) is 6.08 Å². The zero-order chi connectivity index (χ0) is 15.1. The Hall–Kier alpha value is -2.82. The number of methoxy groups -OCH3 is 1. The van der Waals surface area contributed by atoms with Crippen molar-refractivity contribution >= 4 is 18.0 Å². The first-order valence-corrected chi connectivity index (χ1v) is 6.26. The van der Waals surface area contributed by atoms with Gasteiger partial charge >= 0.3 is 11.9 Å². The summed E-state index contributed by atoms with van der Waals surface area (Å²) in [6.07, 6.45) is 2.99. The molecule has 0 aliphatic heterocycles. The number of ether oxygens (including phenoxy) is 2. The summed E-state index contributed by atoms with van der Waals surface area (Å²) in [6, 6.07) is 12.4. The first-order valence-electron chi connectivity index (χ1n) is 6.26. The Kier molecular flexibility index (Phi) is 4.93. The normalized spacial score (nSPS) is 10.5. The summed E-state index contributed by atoms with van der Waals surface area (Å²) in [5.74, 6) is -0.619. The molecule has 1 heterocycles. The molecule has 0 aliphatic rings. The summed E-state index contributed by atoms with van der Waals surface area (Å²) in [5, 5.41) is 0. The van der Waals surface area contributed by atoms with Gasteiger partial charge in [0.1, 0.15) is 12.4 Å². The second kappa shape index (κ2) is 7.09. The minimum absolute atomic E-state index is 0.0467. The Morgan fingerprint density at radius 3 is 2.62 bits per heavy atom. The summed E-state index contributed by atoms with van der Waals surface area (Å²) < 4.78 is 14.7. The van der Waals surface area contributed by atoms with Gasteiger partial charge in [-0.05, 0) is 23.8 Å². The molecule has 2 aromatic rings. The maximum absolute atomic E-state index is 11.5. The summed E-state index contributed by atoms with van der Waals surface area (Å²) in [7, 11) is 1.26. The fourth-order valence-corrected chi connectivity index (χ4v) is 1.58. The van der Waals surface area contributed by atoms with E-state index >= 15 is 0 Å². The number of hydrogen-bond acceptors (Lipinski definition) is 5. The highest BCUT2D eigenvalue weighted by molar-refractivity contribution is 5.87. The molecule has 2 rings (SSSR count). The van der Waals surface area contributed by atoms with Crippen LogP contribution in [0.15, 0.2) is 53.0 Å². The molecule has 0 amide bonds. The number of carbonyl (C=O) groups excluding carboxylic acids is 2. The van der Waals surface area contributed by atoms with Crippen LogP contribution in [0, 0.1) is 0 Å². The molecular weight excluding hydrogens is 272 g/mol. The second-order valence-electron chi connectivity index (χ2n) is 4.11. The third-order valence-corrected chi connectivity index (χ3v) is 2.62. The van der Waals surface area contributed by atoms with Crippen LogP contribution in [-0.2, 0) is 20.9 Å². The molecule has 0 bridgehead atoms. The maximum atomic E-state index is 11.5. The van der Waals surface area contributed by atoms with E-state index < -0.39 is 11.9 Å². The molecule has 0 unspecified atom stereocenters. The van der Waals surface area contributed by atoms with Gasteiger partial charge in [0.2, 0.25) is 5.76 Å². The topological polar surface area (TPSA) is 65.7 Å². The third kappa shape index (κ3) is 4.35. The van der Waals surface area contributed by atoms with Gasteiger partial charge < -0.3 is 13.9 Å². The highest BCUT2D eigenvalue weighted by Crippen LogP contribution is 2.10. The smallest absolute Gasteiger partial charge is 0.373 e. The van der Waals surface area contributed by atoms with Crippen molar-refractivity contribution in [1.82, 2.24) is 0 Å². The molecular formula is C16H14O5. The fourth-order valence-electron chi connectivity index (χ4n) is 1.58. The minimum atomic E-state index is -0.573. The number of furan rings is 1. The van der Waals surface area contributed by atoms with E-state index in [0.29, 0.717) is 5.76 Å². The van der Waals surface area contributed by atoms with Crippen molar-refractivity contribution in [3.8, 4) is 0 Å². The van der Waals surface area contributed by atoms with Gasteiger partial charge in [-0.15, -0.1) is 0 Å². The van der Waals surface area contributed by atoms with E-state index in [4.69, 9.17) is 9.15 Å². The first-order chi connectivity index (χ1) is 10.2. The van der Waals surface area contributed by atoms with Gasteiger partial charge in [0.25, 0.3) is 0 Å². The largest absolute Gasteiger partial charge is 0.463 e. The van der Waals surface area contributed by atoms with Gasteiger partial charge in [0.05, 0.1) is 7.11 Å². The van der Waals surface area contributed by atoms with Crippen molar-refractivity contribution < 1.29 is 23.5 Å². The van der Waals surface area contributed by atoms with Gasteiger partial charge in [-0.25, -0.2) is 9.59 Å². The SMILES string of the molecule is COC(=O)c1ccc(COC(=O)/C=C/c2ccccc2)o1. The molecule has 0 fully saturated rings. The van der Waals surface area contributed by atoms with Gasteiger partial charge in [-0.3, -0.25) is 0 Å². The van der Waals surface area contributed by atoms with Crippen LogP contribution in [0.3, 0.4) is 0 Å². The number of rotatable bonds is 5. The van der Waals surface area contributed by atoms with Crippen LogP contribution in [0.4, 0.5) is 0 Å². The number of benzene rings is 1. The molecule has 0 saturated carbocycles. The van der Waals surface area contributed by atoms with Crippen LogP contribution in [0.1, 0.15) is 21.9 Å². The number of hydrogen-bond donors (Lipinski definition) is 0. The maximum Gasteiger partial charge on any atom is 0.373 e. The quantitative estimate of drug-likeness (QED) is 0.624.